The van der Waals surface area contributed by atoms with E-state index in [4.69, 9.17) is 0 Å². The van der Waals surface area contributed by atoms with Crippen LogP contribution in [0.15, 0.2) is 30.3 Å². The highest BCUT2D eigenvalue weighted by molar-refractivity contribution is 5.79. The SMILES string of the molecule is CCN(C(=O)C1CCCN(C2CCN(CCc3ccccc3)CC2)C1)C1CC1. The van der Waals surface area contributed by atoms with Gasteiger partial charge in [0.15, 0.2) is 0 Å². The third-order valence-corrected chi connectivity index (χ3v) is 7.05. The van der Waals surface area contributed by atoms with E-state index in [0.29, 0.717) is 18.0 Å². The molecule has 1 saturated carbocycles. The Morgan fingerprint density at radius 2 is 1.79 bits per heavy atom. The van der Waals surface area contributed by atoms with Crippen LogP contribution in [-0.2, 0) is 11.2 Å². The molecular formula is C24H37N3O. The summed E-state index contributed by atoms with van der Waals surface area (Å²) < 4.78 is 0. The molecule has 2 saturated heterocycles. The van der Waals surface area contributed by atoms with Crippen molar-refractivity contribution in [2.75, 3.05) is 39.3 Å². The maximum Gasteiger partial charge on any atom is 0.227 e. The lowest BCUT2D eigenvalue weighted by Gasteiger charge is -2.42. The Bertz CT molecular complexity index is 622. The summed E-state index contributed by atoms with van der Waals surface area (Å²) in [6.45, 7) is 8.79. The van der Waals surface area contributed by atoms with Gasteiger partial charge < -0.3 is 9.80 Å². The number of piperidine rings is 2. The van der Waals surface area contributed by atoms with Gasteiger partial charge in [-0.1, -0.05) is 30.3 Å². The number of amides is 1. The second kappa shape index (κ2) is 9.41. The van der Waals surface area contributed by atoms with Gasteiger partial charge in [0.2, 0.25) is 5.91 Å². The Kier molecular flexibility index (Phi) is 6.69. The van der Waals surface area contributed by atoms with E-state index in [9.17, 15) is 4.79 Å². The quantitative estimate of drug-likeness (QED) is 0.722. The van der Waals surface area contributed by atoms with E-state index < -0.39 is 0 Å². The highest BCUT2D eigenvalue weighted by Gasteiger charge is 2.37. The summed E-state index contributed by atoms with van der Waals surface area (Å²) >= 11 is 0. The molecule has 4 rings (SSSR count). The summed E-state index contributed by atoms with van der Waals surface area (Å²) in [6, 6.07) is 12.1. The van der Waals surface area contributed by atoms with E-state index in [1.165, 1.54) is 63.8 Å². The topological polar surface area (TPSA) is 26.8 Å². The third kappa shape index (κ3) is 4.96. The largest absolute Gasteiger partial charge is 0.340 e. The van der Waals surface area contributed by atoms with E-state index in [2.05, 4.69) is 52.0 Å². The molecule has 0 radical (unpaired) electrons. The van der Waals surface area contributed by atoms with E-state index in [1.54, 1.807) is 0 Å². The highest BCUT2D eigenvalue weighted by Crippen LogP contribution is 2.31. The van der Waals surface area contributed by atoms with E-state index >= 15 is 0 Å². The first-order chi connectivity index (χ1) is 13.7. The van der Waals surface area contributed by atoms with E-state index in [0.717, 1.165) is 25.9 Å². The molecule has 4 heteroatoms. The smallest absolute Gasteiger partial charge is 0.227 e. The van der Waals surface area contributed by atoms with Gasteiger partial charge in [0.25, 0.3) is 0 Å². The monoisotopic (exact) mass is 383 g/mol. The number of carbonyl (C=O) groups excluding carboxylic acids is 1. The Balaban J connectivity index is 1.23. The number of nitrogens with zero attached hydrogens (tertiary/aromatic N) is 3. The van der Waals surface area contributed by atoms with Crippen LogP contribution in [0.2, 0.25) is 0 Å². The number of carbonyl (C=O) groups is 1. The van der Waals surface area contributed by atoms with Gasteiger partial charge in [0.05, 0.1) is 5.92 Å². The molecule has 1 aliphatic carbocycles. The third-order valence-electron chi connectivity index (χ3n) is 7.05. The minimum absolute atomic E-state index is 0.241. The van der Waals surface area contributed by atoms with Crippen LogP contribution in [0.3, 0.4) is 0 Å². The maximum absolute atomic E-state index is 13.0. The Labute approximate surface area is 170 Å². The van der Waals surface area contributed by atoms with Gasteiger partial charge in [-0.05, 0) is 77.1 Å². The number of benzene rings is 1. The average Bonchev–Trinajstić information content (AvgIpc) is 3.59. The Hall–Kier alpha value is -1.39. The molecule has 3 fully saturated rings. The molecule has 0 spiro atoms. The lowest BCUT2D eigenvalue weighted by molar-refractivity contribution is -0.138. The number of hydrogen-bond donors (Lipinski definition) is 0. The van der Waals surface area contributed by atoms with Crippen molar-refractivity contribution in [3.63, 3.8) is 0 Å². The van der Waals surface area contributed by atoms with Crippen molar-refractivity contribution in [3.05, 3.63) is 35.9 Å². The van der Waals surface area contributed by atoms with Crippen molar-refractivity contribution >= 4 is 5.91 Å². The van der Waals surface area contributed by atoms with Crippen LogP contribution in [0.5, 0.6) is 0 Å². The zero-order valence-electron chi connectivity index (χ0n) is 17.6. The van der Waals surface area contributed by atoms with Crippen LogP contribution in [-0.4, -0.2) is 72.0 Å². The second-order valence-electron chi connectivity index (χ2n) is 9.00. The normalized spacial score (nSPS) is 25.0. The fourth-order valence-corrected chi connectivity index (χ4v) is 5.19. The fourth-order valence-electron chi connectivity index (χ4n) is 5.19. The first-order valence-corrected chi connectivity index (χ1v) is 11.6. The van der Waals surface area contributed by atoms with Crippen molar-refractivity contribution < 1.29 is 4.79 Å². The van der Waals surface area contributed by atoms with Crippen LogP contribution < -0.4 is 0 Å². The highest BCUT2D eigenvalue weighted by atomic mass is 16.2. The van der Waals surface area contributed by atoms with Crippen molar-refractivity contribution in [1.82, 2.24) is 14.7 Å². The van der Waals surface area contributed by atoms with Crippen molar-refractivity contribution in [2.45, 2.75) is 64.0 Å². The summed E-state index contributed by atoms with van der Waals surface area (Å²) in [7, 11) is 0. The van der Waals surface area contributed by atoms with Crippen LogP contribution in [0, 0.1) is 5.92 Å². The van der Waals surface area contributed by atoms with Gasteiger partial charge in [-0.15, -0.1) is 0 Å². The number of hydrogen-bond acceptors (Lipinski definition) is 3. The zero-order valence-corrected chi connectivity index (χ0v) is 17.6. The first-order valence-electron chi connectivity index (χ1n) is 11.6. The standard InChI is InChI=1S/C24H37N3O/c1-2-27(23-10-11-23)24(28)21-9-6-15-26(19-21)22-13-17-25(18-14-22)16-12-20-7-4-3-5-8-20/h3-5,7-8,21-23H,2,6,9-19H2,1H3. The minimum atomic E-state index is 0.241. The molecule has 3 aliphatic rings. The molecule has 0 N–H and O–H groups in total. The molecule has 0 aromatic heterocycles. The molecule has 0 bridgehead atoms. The van der Waals surface area contributed by atoms with Gasteiger partial charge in [0.1, 0.15) is 0 Å². The number of rotatable bonds is 7. The van der Waals surface area contributed by atoms with Crippen molar-refractivity contribution in [1.29, 1.82) is 0 Å². The van der Waals surface area contributed by atoms with Crippen LogP contribution in [0.4, 0.5) is 0 Å². The number of likely N-dealkylation sites (tertiary alicyclic amines) is 2. The molecule has 2 aliphatic heterocycles. The fraction of sp³-hybridized carbons (Fsp3) is 0.708. The molecule has 1 aromatic carbocycles. The van der Waals surface area contributed by atoms with Crippen molar-refractivity contribution in [3.8, 4) is 0 Å². The van der Waals surface area contributed by atoms with Gasteiger partial charge >= 0.3 is 0 Å². The zero-order chi connectivity index (χ0) is 19.3. The lowest BCUT2D eigenvalue weighted by Crippen LogP contribution is -2.51. The molecule has 154 valence electrons. The summed E-state index contributed by atoms with van der Waals surface area (Å²) in [5, 5.41) is 0. The predicted octanol–water partition coefficient (Wildman–Crippen LogP) is 3.42. The molecule has 1 atom stereocenters. The van der Waals surface area contributed by atoms with E-state index in [1.807, 2.05) is 0 Å². The van der Waals surface area contributed by atoms with E-state index in [-0.39, 0.29) is 5.92 Å². The first kappa shape index (κ1) is 19.9. The van der Waals surface area contributed by atoms with Crippen LogP contribution in [0.1, 0.15) is 51.0 Å². The van der Waals surface area contributed by atoms with Crippen molar-refractivity contribution in [2.24, 2.45) is 5.92 Å². The van der Waals surface area contributed by atoms with Crippen LogP contribution >= 0.6 is 0 Å². The summed E-state index contributed by atoms with van der Waals surface area (Å²) in [5.41, 5.74) is 1.44. The maximum atomic E-state index is 13.0. The molecule has 4 nitrogen and oxygen atoms in total. The Morgan fingerprint density at radius 1 is 1.04 bits per heavy atom. The summed E-state index contributed by atoms with van der Waals surface area (Å²) in [5.74, 6) is 0.681. The Morgan fingerprint density at radius 3 is 2.46 bits per heavy atom. The molecule has 1 aromatic rings. The lowest BCUT2D eigenvalue weighted by atomic mass is 9.92. The van der Waals surface area contributed by atoms with Gasteiger partial charge in [-0.2, -0.15) is 0 Å². The van der Waals surface area contributed by atoms with Gasteiger partial charge in [-0.3, -0.25) is 9.69 Å². The molecule has 1 amide bonds. The van der Waals surface area contributed by atoms with Gasteiger partial charge in [0, 0.05) is 31.7 Å². The van der Waals surface area contributed by atoms with Gasteiger partial charge in [-0.25, -0.2) is 0 Å². The van der Waals surface area contributed by atoms with Crippen LogP contribution in [0.25, 0.3) is 0 Å². The summed E-state index contributed by atoms with van der Waals surface area (Å²) in [6.07, 6.45) is 8.39. The average molecular weight is 384 g/mol. The second-order valence-corrected chi connectivity index (χ2v) is 9.00. The predicted molar refractivity (Wildman–Crippen MR) is 114 cm³/mol. The molecular weight excluding hydrogens is 346 g/mol. The minimum Gasteiger partial charge on any atom is -0.340 e. The summed E-state index contributed by atoms with van der Waals surface area (Å²) in [4.78, 5) is 20.5. The molecule has 1 unspecified atom stereocenters. The molecule has 2 heterocycles. The molecule has 28 heavy (non-hydrogen) atoms.